The minimum atomic E-state index is 0. The van der Waals surface area contributed by atoms with E-state index in [0.29, 0.717) is 12.5 Å². The molecule has 1 atom stereocenters. The second-order valence-electron chi connectivity index (χ2n) is 6.23. The molecule has 2 heterocycles. The molecule has 1 unspecified atom stereocenters. The number of aliphatic imine (C=N–C) groups is 1. The van der Waals surface area contributed by atoms with Crippen molar-refractivity contribution in [3.05, 3.63) is 56.7 Å². The largest absolute Gasteiger partial charge is 0.376 e. The highest BCUT2D eigenvalue weighted by Crippen LogP contribution is 2.20. The van der Waals surface area contributed by atoms with Gasteiger partial charge in [0, 0.05) is 40.8 Å². The molecule has 1 aromatic heterocycles. The Labute approximate surface area is 185 Å². The Morgan fingerprint density at radius 3 is 2.88 bits per heavy atom. The number of nitrogens with one attached hydrogen (secondary N) is 1. The first-order valence-corrected chi connectivity index (χ1v) is 10.2. The second-order valence-corrected chi connectivity index (χ2v) is 8.14. The van der Waals surface area contributed by atoms with Gasteiger partial charge >= 0.3 is 0 Å². The molecule has 1 aliphatic heterocycles. The number of rotatable bonds is 6. The van der Waals surface area contributed by atoms with E-state index >= 15 is 0 Å². The summed E-state index contributed by atoms with van der Waals surface area (Å²) >= 11 is 5.25. The predicted octanol–water partition coefficient (Wildman–Crippen LogP) is 4.74. The minimum absolute atomic E-state index is 0. The lowest BCUT2D eigenvalue weighted by molar-refractivity contribution is 0.0906. The molecule has 0 radical (unpaired) electrons. The number of hydrogen-bond donors (Lipinski definition) is 1. The molecule has 4 nitrogen and oxygen atoms in total. The molecule has 0 amide bonds. The summed E-state index contributed by atoms with van der Waals surface area (Å²) in [5, 5.41) is 5.58. The van der Waals surface area contributed by atoms with Crippen LogP contribution in [0.15, 0.2) is 51.2 Å². The Bertz CT molecular complexity index is 695. The molecule has 1 N–H and O–H groups in total. The van der Waals surface area contributed by atoms with Crippen molar-refractivity contribution in [1.82, 2.24) is 10.2 Å². The summed E-state index contributed by atoms with van der Waals surface area (Å²) in [4.78, 5) is 8.07. The normalized spacial score (nSPS) is 17.2. The predicted molar refractivity (Wildman–Crippen MR) is 123 cm³/mol. The minimum Gasteiger partial charge on any atom is -0.376 e. The van der Waals surface area contributed by atoms with E-state index in [0.717, 1.165) is 43.1 Å². The summed E-state index contributed by atoms with van der Waals surface area (Å²) < 4.78 is 7.05. The van der Waals surface area contributed by atoms with E-state index in [1.54, 1.807) is 11.3 Å². The molecule has 142 valence electrons. The first-order chi connectivity index (χ1) is 12.2. The average molecular weight is 550 g/mol. The molecule has 26 heavy (non-hydrogen) atoms. The van der Waals surface area contributed by atoms with Crippen LogP contribution >= 0.6 is 51.2 Å². The van der Waals surface area contributed by atoms with Gasteiger partial charge in [0.1, 0.15) is 0 Å². The molecule has 2 aromatic rings. The summed E-state index contributed by atoms with van der Waals surface area (Å²) in [5.74, 6) is 1.55. The lowest BCUT2D eigenvalue weighted by Crippen LogP contribution is -2.39. The maximum absolute atomic E-state index is 5.91. The van der Waals surface area contributed by atoms with Crippen LogP contribution in [0.3, 0.4) is 0 Å². The molecule has 0 spiro atoms. The number of halogens is 2. The first kappa shape index (κ1) is 21.7. The van der Waals surface area contributed by atoms with Gasteiger partial charge in [-0.2, -0.15) is 0 Å². The van der Waals surface area contributed by atoms with Crippen LogP contribution in [0.5, 0.6) is 0 Å². The Morgan fingerprint density at radius 2 is 2.19 bits per heavy atom. The third kappa shape index (κ3) is 6.51. The van der Waals surface area contributed by atoms with Crippen LogP contribution in [0.4, 0.5) is 0 Å². The maximum atomic E-state index is 5.91. The van der Waals surface area contributed by atoms with Crippen molar-refractivity contribution < 1.29 is 4.74 Å². The van der Waals surface area contributed by atoms with Gasteiger partial charge in [-0.05, 0) is 34.0 Å². The summed E-state index contributed by atoms with van der Waals surface area (Å²) in [5.41, 5.74) is 1.23. The second kappa shape index (κ2) is 11.3. The fourth-order valence-electron chi connectivity index (χ4n) is 3.02. The fraction of sp³-hybridized carbons (Fsp3) is 0.421. The highest BCUT2D eigenvalue weighted by atomic mass is 127. The van der Waals surface area contributed by atoms with E-state index in [1.807, 2.05) is 13.1 Å². The smallest absolute Gasteiger partial charge is 0.193 e. The molecule has 0 bridgehead atoms. The third-order valence-corrected chi connectivity index (χ3v) is 6.00. The fourth-order valence-corrected chi connectivity index (χ4v) is 4.41. The topological polar surface area (TPSA) is 36.9 Å². The summed E-state index contributed by atoms with van der Waals surface area (Å²) in [6.45, 7) is 4.35. The number of nitrogens with zero attached hydrogens (tertiary/aromatic N) is 2. The Kier molecular flexibility index (Phi) is 9.38. The Balaban J connectivity index is 0.00000243. The third-order valence-electron chi connectivity index (χ3n) is 4.30. The standard InChI is InChI=1S/C19H24BrN3OS.HI/c1-21-19(22-10-18-9-17(20)14-25-18)23-8-7-16(11-23)13-24-12-15-5-3-2-4-6-15;/h2-6,9,14,16H,7-8,10-13H2,1H3,(H,21,22);1H. The summed E-state index contributed by atoms with van der Waals surface area (Å²) in [6, 6.07) is 12.5. The zero-order chi connectivity index (χ0) is 17.5. The molecule has 1 aromatic carbocycles. The number of benzene rings is 1. The van der Waals surface area contributed by atoms with Crippen LogP contribution in [-0.2, 0) is 17.9 Å². The molecular formula is C19H25BrIN3OS. The highest BCUT2D eigenvalue weighted by molar-refractivity contribution is 14.0. The van der Waals surface area contributed by atoms with Gasteiger partial charge in [0.05, 0.1) is 19.8 Å². The number of ether oxygens (including phenoxy) is 1. The molecule has 3 rings (SSSR count). The lowest BCUT2D eigenvalue weighted by atomic mass is 10.1. The van der Waals surface area contributed by atoms with Gasteiger partial charge in [-0.15, -0.1) is 35.3 Å². The van der Waals surface area contributed by atoms with E-state index in [-0.39, 0.29) is 24.0 Å². The summed E-state index contributed by atoms with van der Waals surface area (Å²) in [7, 11) is 1.85. The van der Waals surface area contributed by atoms with Gasteiger partial charge in [-0.3, -0.25) is 4.99 Å². The van der Waals surface area contributed by atoms with Gasteiger partial charge in [-0.25, -0.2) is 0 Å². The average Bonchev–Trinajstić information content (AvgIpc) is 3.26. The SMILES string of the molecule is CN=C(NCc1cc(Br)cs1)N1CCC(COCc2ccccc2)C1.I. The molecule has 1 saturated heterocycles. The first-order valence-electron chi connectivity index (χ1n) is 8.55. The van der Waals surface area contributed by atoms with Crippen LogP contribution in [-0.4, -0.2) is 37.6 Å². The van der Waals surface area contributed by atoms with Crippen molar-refractivity contribution in [1.29, 1.82) is 0 Å². The van der Waals surface area contributed by atoms with E-state index in [1.165, 1.54) is 10.4 Å². The zero-order valence-electron chi connectivity index (χ0n) is 14.9. The van der Waals surface area contributed by atoms with Crippen LogP contribution < -0.4 is 5.32 Å². The number of guanidine groups is 1. The van der Waals surface area contributed by atoms with E-state index in [4.69, 9.17) is 4.74 Å². The molecule has 0 saturated carbocycles. The van der Waals surface area contributed by atoms with Gasteiger partial charge in [-0.1, -0.05) is 30.3 Å². The zero-order valence-corrected chi connectivity index (χ0v) is 19.6. The molecule has 0 aliphatic carbocycles. The highest BCUT2D eigenvalue weighted by Gasteiger charge is 2.25. The molecule has 1 fully saturated rings. The molecular weight excluding hydrogens is 525 g/mol. The van der Waals surface area contributed by atoms with E-state index < -0.39 is 0 Å². The van der Waals surface area contributed by atoms with Crippen molar-refractivity contribution in [3.8, 4) is 0 Å². The molecule has 7 heteroatoms. The van der Waals surface area contributed by atoms with Crippen LogP contribution in [0.2, 0.25) is 0 Å². The monoisotopic (exact) mass is 549 g/mol. The van der Waals surface area contributed by atoms with Crippen molar-refractivity contribution in [2.45, 2.75) is 19.6 Å². The maximum Gasteiger partial charge on any atom is 0.193 e. The lowest BCUT2D eigenvalue weighted by Gasteiger charge is -2.21. The number of thiophene rings is 1. The quantitative estimate of drug-likeness (QED) is 0.321. The number of likely N-dealkylation sites (tertiary alicyclic amines) is 1. The Morgan fingerprint density at radius 1 is 1.38 bits per heavy atom. The molecule has 1 aliphatic rings. The number of hydrogen-bond acceptors (Lipinski definition) is 3. The van der Waals surface area contributed by atoms with Gasteiger partial charge in [0.2, 0.25) is 0 Å². The van der Waals surface area contributed by atoms with Crippen LogP contribution in [0.25, 0.3) is 0 Å². The van der Waals surface area contributed by atoms with Crippen molar-refractivity contribution >= 4 is 57.2 Å². The van der Waals surface area contributed by atoms with E-state index in [9.17, 15) is 0 Å². The van der Waals surface area contributed by atoms with Crippen LogP contribution in [0, 0.1) is 5.92 Å². The summed E-state index contributed by atoms with van der Waals surface area (Å²) in [6.07, 6.45) is 1.15. The van der Waals surface area contributed by atoms with Crippen molar-refractivity contribution in [2.24, 2.45) is 10.9 Å². The van der Waals surface area contributed by atoms with Crippen molar-refractivity contribution in [3.63, 3.8) is 0 Å². The Hall–Kier alpha value is -0.640. The van der Waals surface area contributed by atoms with Crippen molar-refractivity contribution in [2.75, 3.05) is 26.7 Å². The van der Waals surface area contributed by atoms with Gasteiger partial charge < -0.3 is 15.0 Å². The van der Waals surface area contributed by atoms with Gasteiger partial charge in [0.15, 0.2) is 5.96 Å². The van der Waals surface area contributed by atoms with E-state index in [2.05, 4.69) is 66.9 Å². The van der Waals surface area contributed by atoms with Gasteiger partial charge in [0.25, 0.3) is 0 Å². The van der Waals surface area contributed by atoms with Crippen LogP contribution in [0.1, 0.15) is 16.9 Å².